The van der Waals surface area contributed by atoms with E-state index in [0.29, 0.717) is 0 Å². The van der Waals surface area contributed by atoms with Gasteiger partial charge in [-0.1, -0.05) is 11.8 Å². The Morgan fingerprint density at radius 1 is 1.47 bits per heavy atom. The topological polar surface area (TPSA) is 73.5 Å². The second-order valence-corrected chi connectivity index (χ2v) is 4.52. The average molecular weight is 253 g/mol. The molecule has 0 saturated carbocycles. The number of rotatable bonds is 6. The first kappa shape index (κ1) is 12.1. The summed E-state index contributed by atoms with van der Waals surface area (Å²) in [7, 11) is 3.89. The average Bonchev–Trinajstić information content (AvgIpc) is 2.93. The lowest BCUT2D eigenvalue weighted by atomic mass is 10.5. The largest absolute Gasteiger partial charge is 0.337 e. The molecule has 7 nitrogen and oxygen atoms in total. The van der Waals surface area contributed by atoms with Gasteiger partial charge in [-0.15, -0.1) is 5.10 Å². The van der Waals surface area contributed by atoms with Crippen LogP contribution in [0.5, 0.6) is 0 Å². The van der Waals surface area contributed by atoms with Crippen LogP contribution in [0.1, 0.15) is 5.69 Å². The highest BCUT2D eigenvalue weighted by Gasteiger charge is 2.07. The van der Waals surface area contributed by atoms with E-state index >= 15 is 0 Å². The van der Waals surface area contributed by atoms with Crippen molar-refractivity contribution in [1.29, 1.82) is 0 Å². The molecule has 0 bridgehead atoms. The minimum absolute atomic E-state index is 0.775. The highest BCUT2D eigenvalue weighted by Crippen LogP contribution is 2.18. The van der Waals surface area contributed by atoms with E-state index in [1.807, 2.05) is 24.9 Å². The number of likely N-dealkylation sites (N-methyl/N-ethyl adjacent to an activating group) is 1. The first-order valence-electron chi connectivity index (χ1n) is 5.30. The molecule has 2 aromatic heterocycles. The Bertz CT molecular complexity index is 463. The standard InChI is InChI=1S/C9H15N7S/c1-10-3-4-16-9(12-13-14-16)17-6-8-5-11-7-15(8)2/h5,7,10H,3-4,6H2,1-2H3. The van der Waals surface area contributed by atoms with Crippen molar-refractivity contribution in [2.45, 2.75) is 17.5 Å². The van der Waals surface area contributed by atoms with Gasteiger partial charge in [-0.05, 0) is 17.5 Å². The van der Waals surface area contributed by atoms with E-state index in [1.54, 1.807) is 22.8 Å². The summed E-state index contributed by atoms with van der Waals surface area (Å²) in [5.41, 5.74) is 1.15. The second kappa shape index (κ2) is 5.78. The molecule has 2 heterocycles. The van der Waals surface area contributed by atoms with Gasteiger partial charge in [-0.3, -0.25) is 0 Å². The minimum Gasteiger partial charge on any atom is -0.337 e. The summed E-state index contributed by atoms with van der Waals surface area (Å²) in [5, 5.41) is 15.6. The Kier molecular flexibility index (Phi) is 4.10. The van der Waals surface area contributed by atoms with Gasteiger partial charge < -0.3 is 9.88 Å². The van der Waals surface area contributed by atoms with Gasteiger partial charge in [0.15, 0.2) is 0 Å². The summed E-state index contributed by atoms with van der Waals surface area (Å²) < 4.78 is 3.80. The first-order valence-corrected chi connectivity index (χ1v) is 6.28. The summed E-state index contributed by atoms with van der Waals surface area (Å²) in [6.45, 7) is 1.63. The number of hydrogen-bond donors (Lipinski definition) is 1. The van der Waals surface area contributed by atoms with Crippen molar-refractivity contribution in [3.63, 3.8) is 0 Å². The van der Waals surface area contributed by atoms with Crippen LogP contribution in [0.4, 0.5) is 0 Å². The number of hydrogen-bond acceptors (Lipinski definition) is 6. The molecule has 1 N–H and O–H groups in total. The highest BCUT2D eigenvalue weighted by atomic mass is 32.2. The summed E-state index contributed by atoms with van der Waals surface area (Å²) in [5.74, 6) is 0.816. The maximum atomic E-state index is 4.07. The predicted molar refractivity (Wildman–Crippen MR) is 64.5 cm³/mol. The fraction of sp³-hybridized carbons (Fsp3) is 0.556. The Hall–Kier alpha value is -1.41. The van der Waals surface area contributed by atoms with Gasteiger partial charge in [-0.2, -0.15) is 0 Å². The number of tetrazole rings is 1. The summed E-state index contributed by atoms with van der Waals surface area (Å²) in [4.78, 5) is 4.07. The quantitative estimate of drug-likeness (QED) is 0.726. The summed E-state index contributed by atoms with van der Waals surface area (Å²) in [6, 6.07) is 0. The number of nitrogens with one attached hydrogen (secondary N) is 1. The van der Waals surface area contributed by atoms with Crippen molar-refractivity contribution >= 4 is 11.8 Å². The molecule has 2 aromatic rings. The third-order valence-corrected chi connectivity index (χ3v) is 3.33. The molecule has 8 heteroatoms. The number of imidazole rings is 1. The Morgan fingerprint density at radius 2 is 2.35 bits per heavy atom. The number of aryl methyl sites for hydroxylation is 1. The molecule has 0 unspecified atom stereocenters. The Morgan fingerprint density at radius 3 is 3.06 bits per heavy atom. The molecule has 0 amide bonds. The van der Waals surface area contributed by atoms with Gasteiger partial charge in [0.2, 0.25) is 5.16 Å². The molecule has 0 radical (unpaired) electrons. The molecule has 0 atom stereocenters. The van der Waals surface area contributed by atoms with Crippen molar-refractivity contribution in [2.75, 3.05) is 13.6 Å². The van der Waals surface area contributed by atoms with E-state index in [1.165, 1.54) is 0 Å². The normalized spacial score (nSPS) is 10.9. The van der Waals surface area contributed by atoms with Crippen LogP contribution in [0.3, 0.4) is 0 Å². The van der Waals surface area contributed by atoms with Crippen LogP contribution in [-0.2, 0) is 19.3 Å². The van der Waals surface area contributed by atoms with Crippen LogP contribution < -0.4 is 5.32 Å². The Balaban J connectivity index is 1.95. The van der Waals surface area contributed by atoms with Gasteiger partial charge >= 0.3 is 0 Å². The molecule has 0 aliphatic carbocycles. The first-order chi connectivity index (χ1) is 8.31. The zero-order valence-electron chi connectivity index (χ0n) is 9.87. The zero-order chi connectivity index (χ0) is 12.1. The van der Waals surface area contributed by atoms with Crippen LogP contribution in [0.15, 0.2) is 17.7 Å². The maximum Gasteiger partial charge on any atom is 0.209 e. The van der Waals surface area contributed by atoms with Crippen molar-refractivity contribution in [1.82, 2.24) is 35.1 Å². The van der Waals surface area contributed by atoms with Crippen LogP contribution in [0, 0.1) is 0 Å². The lowest BCUT2D eigenvalue weighted by molar-refractivity contribution is 0.530. The maximum absolute atomic E-state index is 4.07. The van der Waals surface area contributed by atoms with Crippen LogP contribution in [-0.4, -0.2) is 43.4 Å². The Labute approximate surface area is 104 Å². The third kappa shape index (κ3) is 3.04. The van der Waals surface area contributed by atoms with E-state index in [0.717, 1.165) is 29.7 Å². The van der Waals surface area contributed by atoms with Gasteiger partial charge in [0.1, 0.15) is 0 Å². The van der Waals surface area contributed by atoms with Crippen molar-refractivity contribution in [3.05, 3.63) is 18.2 Å². The molecule has 0 saturated heterocycles. The SMILES string of the molecule is CNCCn1nnnc1SCc1cncn1C. The third-order valence-electron chi connectivity index (χ3n) is 2.34. The zero-order valence-corrected chi connectivity index (χ0v) is 10.7. The van der Waals surface area contributed by atoms with Crippen LogP contribution in [0.2, 0.25) is 0 Å². The summed E-state index contributed by atoms with van der Waals surface area (Å²) in [6.07, 6.45) is 3.65. The van der Waals surface area contributed by atoms with Crippen molar-refractivity contribution < 1.29 is 0 Å². The van der Waals surface area contributed by atoms with Gasteiger partial charge in [-0.25, -0.2) is 9.67 Å². The molecule has 92 valence electrons. The van der Waals surface area contributed by atoms with Crippen molar-refractivity contribution in [3.8, 4) is 0 Å². The molecule has 0 fully saturated rings. The highest BCUT2D eigenvalue weighted by molar-refractivity contribution is 7.98. The smallest absolute Gasteiger partial charge is 0.209 e. The fourth-order valence-corrected chi connectivity index (χ4v) is 2.25. The lowest BCUT2D eigenvalue weighted by Gasteiger charge is -2.04. The second-order valence-electron chi connectivity index (χ2n) is 3.57. The molecular formula is C9H15N7S. The van der Waals surface area contributed by atoms with E-state index < -0.39 is 0 Å². The predicted octanol–water partition coefficient (Wildman–Crippen LogP) is -0.0817. The molecule has 17 heavy (non-hydrogen) atoms. The molecule has 0 spiro atoms. The van der Waals surface area contributed by atoms with E-state index in [9.17, 15) is 0 Å². The van der Waals surface area contributed by atoms with Crippen molar-refractivity contribution in [2.24, 2.45) is 7.05 Å². The van der Waals surface area contributed by atoms with E-state index in [4.69, 9.17) is 0 Å². The lowest BCUT2D eigenvalue weighted by Crippen LogP contribution is -2.16. The number of aromatic nitrogens is 6. The minimum atomic E-state index is 0.775. The monoisotopic (exact) mass is 253 g/mol. The summed E-state index contributed by atoms with van der Waals surface area (Å²) >= 11 is 1.61. The van der Waals surface area contributed by atoms with E-state index in [2.05, 4.69) is 25.8 Å². The van der Waals surface area contributed by atoms with Crippen LogP contribution >= 0.6 is 11.8 Å². The number of thioether (sulfide) groups is 1. The van der Waals surface area contributed by atoms with Gasteiger partial charge in [0, 0.05) is 31.2 Å². The molecule has 0 aliphatic heterocycles. The fourth-order valence-electron chi connectivity index (χ4n) is 1.32. The van der Waals surface area contributed by atoms with Gasteiger partial charge in [0.25, 0.3) is 0 Å². The molecular weight excluding hydrogens is 238 g/mol. The van der Waals surface area contributed by atoms with E-state index in [-0.39, 0.29) is 0 Å². The van der Waals surface area contributed by atoms with Crippen LogP contribution in [0.25, 0.3) is 0 Å². The van der Waals surface area contributed by atoms with Gasteiger partial charge in [0.05, 0.1) is 12.9 Å². The number of nitrogens with zero attached hydrogens (tertiary/aromatic N) is 6. The molecule has 2 rings (SSSR count). The molecule has 0 aromatic carbocycles. The molecule has 0 aliphatic rings.